The summed E-state index contributed by atoms with van der Waals surface area (Å²) in [5, 5.41) is 2.96. The Hall–Kier alpha value is -1.62. The molecule has 0 atom stereocenters. The average Bonchev–Trinajstić information content (AvgIpc) is 2.38. The van der Waals surface area contributed by atoms with Crippen LogP contribution >= 0.6 is 15.9 Å². The van der Waals surface area contributed by atoms with E-state index >= 15 is 0 Å². The van der Waals surface area contributed by atoms with E-state index in [4.69, 9.17) is 4.74 Å². The lowest BCUT2D eigenvalue weighted by Gasteiger charge is -2.09. The first-order valence-corrected chi connectivity index (χ1v) is 6.41. The predicted molar refractivity (Wildman–Crippen MR) is 74.4 cm³/mol. The molecule has 1 N–H and O–H groups in total. The van der Waals surface area contributed by atoms with Gasteiger partial charge in [-0.15, -0.1) is 0 Å². The van der Waals surface area contributed by atoms with Crippen molar-refractivity contribution in [3.8, 4) is 5.75 Å². The monoisotopic (exact) mass is 327 g/mol. The Kier molecular flexibility index (Phi) is 4.37. The fraction of sp³-hybridized carbons (Fsp3) is 0.143. The van der Waals surface area contributed by atoms with Crippen LogP contribution < -0.4 is 10.1 Å². The Labute approximate surface area is 118 Å². The molecule has 0 fully saturated rings. The third-order valence-electron chi connectivity index (χ3n) is 2.65. The molecule has 2 aromatic carbocycles. The van der Waals surface area contributed by atoms with Gasteiger partial charge >= 0.3 is 0 Å². The highest BCUT2D eigenvalue weighted by atomic mass is 79.9. The zero-order chi connectivity index (χ0) is 13.8. The summed E-state index contributed by atoms with van der Waals surface area (Å²) in [6, 6.07) is 9.34. The molecular formula is C14H12BrF2NO. The molecule has 0 aliphatic carbocycles. The van der Waals surface area contributed by atoms with Crippen molar-refractivity contribution in [1.82, 2.24) is 0 Å². The number of nitrogens with one attached hydrogen (secondary N) is 1. The molecule has 2 nitrogen and oxygen atoms in total. The van der Waals surface area contributed by atoms with Crippen molar-refractivity contribution in [2.24, 2.45) is 0 Å². The fourth-order valence-electron chi connectivity index (χ4n) is 1.64. The molecule has 0 aliphatic heterocycles. The lowest BCUT2D eigenvalue weighted by Crippen LogP contribution is -2.02. The third kappa shape index (κ3) is 3.44. The standard InChI is InChI=1S/C14H12BrF2NO/c1-19-14-5-4-11(7-13(14)17)18-8-9-2-3-10(15)6-12(9)16/h2-7,18H,8H2,1H3. The quantitative estimate of drug-likeness (QED) is 0.901. The van der Waals surface area contributed by atoms with Crippen LogP contribution in [-0.4, -0.2) is 7.11 Å². The molecule has 0 amide bonds. The average molecular weight is 328 g/mol. The molecule has 0 saturated carbocycles. The molecule has 100 valence electrons. The maximum Gasteiger partial charge on any atom is 0.167 e. The number of ether oxygens (including phenoxy) is 1. The van der Waals surface area contributed by atoms with Gasteiger partial charge in [0.05, 0.1) is 7.11 Å². The van der Waals surface area contributed by atoms with Gasteiger partial charge in [0, 0.05) is 28.3 Å². The fourth-order valence-corrected chi connectivity index (χ4v) is 1.97. The number of halogens is 3. The normalized spacial score (nSPS) is 10.3. The minimum absolute atomic E-state index is 0.181. The molecule has 2 aromatic rings. The molecule has 0 radical (unpaired) electrons. The van der Waals surface area contributed by atoms with Crippen LogP contribution in [0.2, 0.25) is 0 Å². The molecule has 0 unspecified atom stereocenters. The van der Waals surface area contributed by atoms with Gasteiger partial charge in [-0.2, -0.15) is 0 Å². The topological polar surface area (TPSA) is 21.3 Å². The third-order valence-corrected chi connectivity index (χ3v) is 3.14. The maximum absolute atomic E-state index is 13.6. The number of rotatable bonds is 4. The molecule has 0 bridgehead atoms. The van der Waals surface area contributed by atoms with Crippen molar-refractivity contribution in [2.75, 3.05) is 12.4 Å². The van der Waals surface area contributed by atoms with E-state index in [0.717, 1.165) is 0 Å². The number of hydrogen-bond donors (Lipinski definition) is 1. The van der Waals surface area contributed by atoms with Crippen LogP contribution in [0.4, 0.5) is 14.5 Å². The summed E-state index contributed by atoms with van der Waals surface area (Å²) in [5.41, 5.74) is 1.08. The number of benzene rings is 2. The second kappa shape index (κ2) is 6.02. The van der Waals surface area contributed by atoms with E-state index in [1.54, 1.807) is 18.2 Å². The SMILES string of the molecule is COc1ccc(NCc2ccc(Br)cc2F)cc1F. The zero-order valence-electron chi connectivity index (χ0n) is 10.2. The van der Waals surface area contributed by atoms with E-state index in [1.807, 2.05) is 0 Å². The van der Waals surface area contributed by atoms with E-state index in [2.05, 4.69) is 21.2 Å². The van der Waals surface area contributed by atoms with Crippen LogP contribution in [0.15, 0.2) is 40.9 Å². The summed E-state index contributed by atoms with van der Waals surface area (Å²) < 4.78 is 32.6. The maximum atomic E-state index is 13.6. The van der Waals surface area contributed by atoms with Gasteiger partial charge in [-0.05, 0) is 24.3 Å². The molecule has 19 heavy (non-hydrogen) atoms. The second-order valence-electron chi connectivity index (χ2n) is 3.94. The van der Waals surface area contributed by atoms with E-state index in [9.17, 15) is 8.78 Å². The van der Waals surface area contributed by atoms with Crippen molar-refractivity contribution >= 4 is 21.6 Å². The van der Waals surface area contributed by atoms with Crippen LogP contribution in [0.5, 0.6) is 5.75 Å². The summed E-state index contributed by atoms with van der Waals surface area (Å²) in [6.45, 7) is 0.283. The summed E-state index contributed by atoms with van der Waals surface area (Å²) in [4.78, 5) is 0. The largest absolute Gasteiger partial charge is 0.494 e. The molecule has 0 aliphatic rings. The first kappa shape index (κ1) is 13.8. The molecule has 0 saturated heterocycles. The van der Waals surface area contributed by atoms with Crippen molar-refractivity contribution in [3.63, 3.8) is 0 Å². The molecule has 0 spiro atoms. The highest BCUT2D eigenvalue weighted by Crippen LogP contribution is 2.22. The first-order valence-electron chi connectivity index (χ1n) is 5.61. The van der Waals surface area contributed by atoms with Crippen molar-refractivity contribution in [3.05, 3.63) is 58.1 Å². The van der Waals surface area contributed by atoms with E-state index in [-0.39, 0.29) is 18.1 Å². The summed E-state index contributed by atoms with van der Waals surface area (Å²) in [6.07, 6.45) is 0. The van der Waals surface area contributed by atoms with Crippen LogP contribution in [-0.2, 0) is 6.54 Å². The minimum atomic E-state index is -0.455. The number of hydrogen-bond acceptors (Lipinski definition) is 2. The van der Waals surface area contributed by atoms with Gasteiger partial charge in [-0.1, -0.05) is 22.0 Å². The lowest BCUT2D eigenvalue weighted by molar-refractivity contribution is 0.386. The first-order chi connectivity index (χ1) is 9.10. The summed E-state index contributed by atoms with van der Waals surface area (Å²) >= 11 is 3.19. The minimum Gasteiger partial charge on any atom is -0.494 e. The Bertz CT molecular complexity index is 590. The van der Waals surface area contributed by atoms with Crippen molar-refractivity contribution in [1.29, 1.82) is 0 Å². The Morgan fingerprint density at radius 2 is 1.89 bits per heavy atom. The van der Waals surface area contributed by atoms with Crippen LogP contribution in [0.3, 0.4) is 0 Å². The Balaban J connectivity index is 2.08. The molecule has 2 rings (SSSR count). The van der Waals surface area contributed by atoms with E-state index in [0.29, 0.717) is 15.7 Å². The molecular weight excluding hydrogens is 316 g/mol. The van der Waals surface area contributed by atoms with E-state index < -0.39 is 5.82 Å². The zero-order valence-corrected chi connectivity index (χ0v) is 11.8. The molecule has 0 heterocycles. The van der Waals surface area contributed by atoms with Crippen LogP contribution in [0.1, 0.15) is 5.56 Å². The van der Waals surface area contributed by atoms with Crippen LogP contribution in [0.25, 0.3) is 0 Å². The van der Waals surface area contributed by atoms with Gasteiger partial charge in [-0.3, -0.25) is 0 Å². The van der Waals surface area contributed by atoms with Gasteiger partial charge in [0.1, 0.15) is 5.82 Å². The summed E-state index contributed by atoms with van der Waals surface area (Å²) in [5.74, 6) is -0.583. The van der Waals surface area contributed by atoms with Gasteiger partial charge < -0.3 is 10.1 Å². The Morgan fingerprint density at radius 3 is 2.53 bits per heavy atom. The number of anilines is 1. The Morgan fingerprint density at radius 1 is 1.11 bits per heavy atom. The highest BCUT2D eigenvalue weighted by molar-refractivity contribution is 9.10. The lowest BCUT2D eigenvalue weighted by atomic mass is 10.2. The molecule has 0 aromatic heterocycles. The highest BCUT2D eigenvalue weighted by Gasteiger charge is 2.05. The van der Waals surface area contributed by atoms with Crippen LogP contribution in [0, 0.1) is 11.6 Å². The van der Waals surface area contributed by atoms with Crippen molar-refractivity contribution in [2.45, 2.75) is 6.54 Å². The smallest absolute Gasteiger partial charge is 0.167 e. The summed E-state index contributed by atoms with van der Waals surface area (Å²) in [7, 11) is 1.41. The van der Waals surface area contributed by atoms with Gasteiger partial charge in [0.15, 0.2) is 11.6 Å². The van der Waals surface area contributed by atoms with E-state index in [1.165, 1.54) is 25.3 Å². The van der Waals surface area contributed by atoms with Gasteiger partial charge in [0.25, 0.3) is 0 Å². The van der Waals surface area contributed by atoms with Gasteiger partial charge in [0.2, 0.25) is 0 Å². The molecule has 5 heteroatoms. The number of methoxy groups -OCH3 is 1. The van der Waals surface area contributed by atoms with Crippen molar-refractivity contribution < 1.29 is 13.5 Å². The predicted octanol–water partition coefficient (Wildman–Crippen LogP) is 4.35. The second-order valence-corrected chi connectivity index (χ2v) is 4.85. The van der Waals surface area contributed by atoms with Gasteiger partial charge in [-0.25, -0.2) is 8.78 Å².